The van der Waals surface area contributed by atoms with Gasteiger partial charge in [-0.1, -0.05) is 42.5 Å². The van der Waals surface area contributed by atoms with E-state index in [1.807, 2.05) is 6.07 Å². The number of carbonyl (C=O) groups is 4. The maximum Gasteiger partial charge on any atom is 0.321 e. The van der Waals surface area contributed by atoms with E-state index in [0.29, 0.717) is 0 Å². The maximum atomic E-state index is 12.7. The minimum Gasteiger partial charge on any atom is -0.468 e. The molecule has 6 nitrogen and oxygen atoms in total. The summed E-state index contributed by atoms with van der Waals surface area (Å²) in [5, 5.41) is 0. The summed E-state index contributed by atoms with van der Waals surface area (Å²) in [6, 6.07) is 15.4. The van der Waals surface area contributed by atoms with Gasteiger partial charge in [0.05, 0.1) is 24.8 Å². The van der Waals surface area contributed by atoms with Crippen LogP contribution in [0.3, 0.4) is 0 Å². The molecule has 2 aromatic rings. The Morgan fingerprint density at radius 1 is 0.926 bits per heavy atom. The molecule has 0 aromatic heterocycles. The minimum absolute atomic E-state index is 0.0310. The molecule has 2 amide bonds. The Hall–Kier alpha value is -3.28. The first-order valence-corrected chi connectivity index (χ1v) is 8.49. The minimum atomic E-state index is -1.66. The topological polar surface area (TPSA) is 80.8 Å². The van der Waals surface area contributed by atoms with E-state index < -0.39 is 29.0 Å². The van der Waals surface area contributed by atoms with Gasteiger partial charge in [0, 0.05) is 0 Å². The number of methoxy groups -OCH3 is 1. The number of Topliss-reactive ketones (excluding diaryl/α,β-unsaturated/α-hetero) is 1. The molecule has 1 unspecified atom stereocenters. The summed E-state index contributed by atoms with van der Waals surface area (Å²) in [6.45, 7) is 0.911. The number of benzene rings is 2. The van der Waals surface area contributed by atoms with Crippen LogP contribution in [0.15, 0.2) is 54.6 Å². The van der Waals surface area contributed by atoms with Gasteiger partial charge in [-0.15, -0.1) is 0 Å². The van der Waals surface area contributed by atoms with E-state index in [0.717, 1.165) is 10.5 Å². The van der Waals surface area contributed by atoms with Gasteiger partial charge in [0.25, 0.3) is 11.8 Å². The van der Waals surface area contributed by atoms with Crippen LogP contribution in [0.25, 0.3) is 0 Å². The molecule has 6 heteroatoms. The number of nitrogens with zero attached hydrogens (tertiary/aromatic N) is 1. The van der Waals surface area contributed by atoms with Crippen LogP contribution in [0.5, 0.6) is 0 Å². The second-order valence-electron chi connectivity index (χ2n) is 6.53. The van der Waals surface area contributed by atoms with E-state index in [-0.39, 0.29) is 24.1 Å². The molecule has 3 rings (SSSR count). The first-order chi connectivity index (χ1) is 12.9. The molecular formula is C21H19NO5. The van der Waals surface area contributed by atoms with Crippen LogP contribution in [0, 0.1) is 5.41 Å². The van der Waals surface area contributed by atoms with Crippen molar-refractivity contribution in [2.75, 3.05) is 13.7 Å². The number of amides is 2. The van der Waals surface area contributed by atoms with Gasteiger partial charge in [-0.25, -0.2) is 0 Å². The highest BCUT2D eigenvalue weighted by molar-refractivity contribution is 6.22. The van der Waals surface area contributed by atoms with E-state index in [4.69, 9.17) is 4.74 Å². The average molecular weight is 365 g/mol. The van der Waals surface area contributed by atoms with E-state index >= 15 is 0 Å². The third-order valence-electron chi connectivity index (χ3n) is 4.90. The molecule has 138 valence electrons. The Morgan fingerprint density at radius 3 is 1.93 bits per heavy atom. The highest BCUT2D eigenvalue weighted by Gasteiger charge is 2.50. The molecule has 0 saturated heterocycles. The van der Waals surface area contributed by atoms with E-state index in [1.54, 1.807) is 48.5 Å². The summed E-state index contributed by atoms with van der Waals surface area (Å²) in [7, 11) is 1.19. The van der Waals surface area contributed by atoms with Crippen molar-refractivity contribution in [3.8, 4) is 0 Å². The Kier molecular flexibility index (Phi) is 4.90. The molecular weight excluding hydrogens is 346 g/mol. The normalized spacial score (nSPS) is 15.3. The number of rotatable bonds is 6. The molecule has 0 aliphatic carbocycles. The van der Waals surface area contributed by atoms with Crippen molar-refractivity contribution in [1.82, 2.24) is 4.90 Å². The summed E-state index contributed by atoms with van der Waals surface area (Å²) in [4.78, 5) is 51.6. The van der Waals surface area contributed by atoms with E-state index in [9.17, 15) is 19.2 Å². The van der Waals surface area contributed by atoms with Crippen LogP contribution >= 0.6 is 0 Å². The van der Waals surface area contributed by atoms with Gasteiger partial charge in [-0.3, -0.25) is 24.1 Å². The number of ketones is 1. The second-order valence-corrected chi connectivity index (χ2v) is 6.53. The van der Waals surface area contributed by atoms with Crippen molar-refractivity contribution < 1.29 is 23.9 Å². The van der Waals surface area contributed by atoms with Gasteiger partial charge in [-0.05, 0) is 31.0 Å². The van der Waals surface area contributed by atoms with Gasteiger partial charge in [0.2, 0.25) is 0 Å². The maximum absolute atomic E-state index is 12.7. The molecule has 0 spiro atoms. The number of carbonyl (C=O) groups excluding carboxylic acids is 4. The third-order valence-corrected chi connectivity index (χ3v) is 4.90. The molecule has 2 aromatic carbocycles. The van der Waals surface area contributed by atoms with Crippen molar-refractivity contribution in [2.45, 2.75) is 13.3 Å². The van der Waals surface area contributed by atoms with Crippen LogP contribution in [-0.2, 0) is 20.7 Å². The predicted octanol–water partition coefficient (Wildman–Crippen LogP) is 2.27. The molecule has 1 aliphatic rings. The molecule has 0 saturated carbocycles. The van der Waals surface area contributed by atoms with Gasteiger partial charge < -0.3 is 4.74 Å². The smallest absolute Gasteiger partial charge is 0.321 e. The van der Waals surface area contributed by atoms with Gasteiger partial charge in [0.15, 0.2) is 0 Å². The zero-order chi connectivity index (χ0) is 19.6. The standard InChI is InChI=1S/C21H19NO5/c1-14(23)21(20(26)27-2,12-15-8-4-3-5-9-15)13-22-18(24)16-10-6-7-11-17(16)19(22)25/h3-11H,12-13H2,1-2H3. The fraction of sp³-hybridized carbons (Fsp3) is 0.238. The van der Waals surface area contributed by atoms with Crippen molar-refractivity contribution >= 4 is 23.6 Å². The molecule has 27 heavy (non-hydrogen) atoms. The lowest BCUT2D eigenvalue weighted by Crippen LogP contribution is -2.51. The number of fused-ring (bicyclic) bond motifs is 1. The number of hydrogen-bond acceptors (Lipinski definition) is 5. The summed E-state index contributed by atoms with van der Waals surface area (Å²) in [5.74, 6) is -2.26. The monoisotopic (exact) mass is 365 g/mol. The van der Waals surface area contributed by atoms with Gasteiger partial charge >= 0.3 is 5.97 Å². The Balaban J connectivity index is 2.02. The number of hydrogen-bond donors (Lipinski definition) is 0. The lowest BCUT2D eigenvalue weighted by Gasteiger charge is -2.31. The molecule has 1 heterocycles. The summed E-state index contributed by atoms with van der Waals surface area (Å²) in [5.41, 5.74) is -0.396. The lowest BCUT2D eigenvalue weighted by molar-refractivity contribution is -0.158. The van der Waals surface area contributed by atoms with E-state index in [2.05, 4.69) is 0 Å². The second kappa shape index (κ2) is 7.15. The van der Waals surface area contributed by atoms with E-state index in [1.165, 1.54) is 14.0 Å². The average Bonchev–Trinajstić information content (AvgIpc) is 2.92. The summed E-state index contributed by atoms with van der Waals surface area (Å²) >= 11 is 0. The summed E-state index contributed by atoms with van der Waals surface area (Å²) in [6.07, 6.45) is 0.0310. The van der Waals surface area contributed by atoms with Crippen molar-refractivity contribution in [3.05, 3.63) is 71.3 Å². The molecule has 1 aliphatic heterocycles. The Labute approximate surface area is 156 Å². The van der Waals surface area contributed by atoms with Crippen LogP contribution in [0.4, 0.5) is 0 Å². The highest BCUT2D eigenvalue weighted by Crippen LogP contribution is 2.32. The van der Waals surface area contributed by atoms with Gasteiger partial charge in [0.1, 0.15) is 11.2 Å². The molecule has 1 atom stereocenters. The quantitative estimate of drug-likeness (QED) is 0.446. The number of esters is 1. The van der Waals surface area contributed by atoms with Crippen molar-refractivity contribution in [3.63, 3.8) is 0 Å². The van der Waals surface area contributed by atoms with Crippen LogP contribution in [0.2, 0.25) is 0 Å². The molecule has 0 bridgehead atoms. The molecule has 0 fully saturated rings. The predicted molar refractivity (Wildman–Crippen MR) is 97.1 cm³/mol. The number of ether oxygens (including phenoxy) is 1. The largest absolute Gasteiger partial charge is 0.468 e. The van der Waals surface area contributed by atoms with Crippen molar-refractivity contribution in [1.29, 1.82) is 0 Å². The lowest BCUT2D eigenvalue weighted by atomic mass is 9.77. The number of imide groups is 1. The first kappa shape index (κ1) is 18.5. The molecule has 0 N–H and O–H groups in total. The van der Waals surface area contributed by atoms with Crippen molar-refractivity contribution in [2.24, 2.45) is 5.41 Å². The fourth-order valence-electron chi connectivity index (χ4n) is 3.36. The van der Waals surface area contributed by atoms with Crippen LogP contribution < -0.4 is 0 Å². The van der Waals surface area contributed by atoms with Gasteiger partial charge in [-0.2, -0.15) is 0 Å². The van der Waals surface area contributed by atoms with Crippen LogP contribution in [-0.4, -0.2) is 42.1 Å². The Bertz CT molecular complexity index is 886. The first-order valence-electron chi connectivity index (χ1n) is 8.49. The Morgan fingerprint density at radius 2 is 1.44 bits per heavy atom. The zero-order valence-electron chi connectivity index (χ0n) is 15.1. The highest BCUT2D eigenvalue weighted by atomic mass is 16.5. The fourth-order valence-corrected chi connectivity index (χ4v) is 3.36. The zero-order valence-corrected chi connectivity index (χ0v) is 15.1. The summed E-state index contributed by atoms with van der Waals surface area (Å²) < 4.78 is 4.90. The van der Waals surface area contributed by atoms with Crippen LogP contribution in [0.1, 0.15) is 33.2 Å². The molecule has 0 radical (unpaired) electrons. The SMILES string of the molecule is COC(=O)C(Cc1ccccc1)(CN1C(=O)c2ccccc2C1=O)C(C)=O. The third kappa shape index (κ3) is 3.14.